The maximum absolute atomic E-state index is 12.7. The van der Waals surface area contributed by atoms with Crippen LogP contribution in [0.3, 0.4) is 0 Å². The summed E-state index contributed by atoms with van der Waals surface area (Å²) in [7, 11) is -3.48. The van der Waals surface area contributed by atoms with E-state index in [0.717, 1.165) is 5.56 Å². The number of piperidine rings is 1. The van der Waals surface area contributed by atoms with E-state index in [1.165, 1.54) is 4.31 Å². The van der Waals surface area contributed by atoms with Crippen molar-refractivity contribution >= 4 is 15.9 Å². The third-order valence-electron chi connectivity index (χ3n) is 4.59. The summed E-state index contributed by atoms with van der Waals surface area (Å²) in [6.45, 7) is 2.65. The Morgan fingerprint density at radius 3 is 2.33 bits per heavy atom. The van der Waals surface area contributed by atoms with Gasteiger partial charge in [0.05, 0.1) is 4.90 Å². The third kappa shape index (κ3) is 5.08. The molecule has 1 aliphatic heterocycles. The Kier molecular flexibility index (Phi) is 6.13. The standard InChI is InChI=1S/C20H24N2O4S/c1-16-7-9-19(10-8-16)27(24,25)22-13-11-17(12-14-22)21-20(23)15-26-18-5-3-2-4-6-18/h2-10,17H,11-15H2,1H3,(H,21,23). The number of benzene rings is 2. The Bertz CT molecular complexity index is 859. The molecule has 27 heavy (non-hydrogen) atoms. The normalized spacial score (nSPS) is 16.0. The number of nitrogens with one attached hydrogen (secondary N) is 1. The fourth-order valence-electron chi connectivity index (χ4n) is 3.03. The maximum Gasteiger partial charge on any atom is 0.258 e. The SMILES string of the molecule is Cc1ccc(S(=O)(=O)N2CCC(NC(=O)COc3ccccc3)CC2)cc1. The maximum atomic E-state index is 12.7. The number of para-hydroxylation sites is 1. The van der Waals surface area contributed by atoms with Crippen LogP contribution in [0.2, 0.25) is 0 Å². The van der Waals surface area contributed by atoms with Crippen molar-refractivity contribution in [1.82, 2.24) is 9.62 Å². The van der Waals surface area contributed by atoms with E-state index < -0.39 is 10.0 Å². The van der Waals surface area contributed by atoms with Crippen LogP contribution in [0.5, 0.6) is 5.75 Å². The third-order valence-corrected chi connectivity index (χ3v) is 6.50. The minimum atomic E-state index is -3.48. The lowest BCUT2D eigenvalue weighted by Gasteiger charge is -2.31. The summed E-state index contributed by atoms with van der Waals surface area (Å²) in [5.41, 5.74) is 1.02. The summed E-state index contributed by atoms with van der Waals surface area (Å²) < 4.78 is 32.3. The molecule has 3 rings (SSSR count). The first-order valence-electron chi connectivity index (χ1n) is 8.99. The number of aryl methyl sites for hydroxylation is 1. The van der Waals surface area contributed by atoms with Crippen molar-refractivity contribution in [2.24, 2.45) is 0 Å². The van der Waals surface area contributed by atoms with Gasteiger partial charge in [0.25, 0.3) is 5.91 Å². The Labute approximate surface area is 160 Å². The van der Waals surface area contributed by atoms with Crippen LogP contribution in [0, 0.1) is 6.92 Å². The van der Waals surface area contributed by atoms with Gasteiger partial charge < -0.3 is 10.1 Å². The second-order valence-corrected chi connectivity index (χ2v) is 8.60. The zero-order chi connectivity index (χ0) is 19.3. The van der Waals surface area contributed by atoms with Gasteiger partial charge in [-0.2, -0.15) is 4.31 Å². The van der Waals surface area contributed by atoms with E-state index in [4.69, 9.17) is 4.74 Å². The van der Waals surface area contributed by atoms with Gasteiger partial charge in [0, 0.05) is 19.1 Å². The van der Waals surface area contributed by atoms with E-state index in [2.05, 4.69) is 5.32 Å². The molecule has 144 valence electrons. The van der Waals surface area contributed by atoms with Crippen LogP contribution in [0.1, 0.15) is 18.4 Å². The van der Waals surface area contributed by atoms with Crippen LogP contribution >= 0.6 is 0 Å². The summed E-state index contributed by atoms with van der Waals surface area (Å²) >= 11 is 0. The molecule has 0 aromatic heterocycles. The zero-order valence-corrected chi connectivity index (χ0v) is 16.1. The lowest BCUT2D eigenvalue weighted by molar-refractivity contribution is -0.124. The highest BCUT2D eigenvalue weighted by Gasteiger charge is 2.29. The van der Waals surface area contributed by atoms with E-state index in [1.54, 1.807) is 36.4 Å². The molecule has 1 saturated heterocycles. The first kappa shape index (κ1) is 19.4. The highest BCUT2D eigenvalue weighted by Crippen LogP contribution is 2.21. The average Bonchev–Trinajstić information content (AvgIpc) is 2.68. The average molecular weight is 388 g/mol. The fourth-order valence-corrected chi connectivity index (χ4v) is 4.50. The molecule has 1 aliphatic rings. The molecule has 2 aromatic carbocycles. The van der Waals surface area contributed by atoms with E-state index in [9.17, 15) is 13.2 Å². The van der Waals surface area contributed by atoms with Crippen LogP contribution in [0.25, 0.3) is 0 Å². The van der Waals surface area contributed by atoms with Crippen LogP contribution in [-0.2, 0) is 14.8 Å². The minimum absolute atomic E-state index is 0.0404. The van der Waals surface area contributed by atoms with Gasteiger partial charge in [-0.15, -0.1) is 0 Å². The van der Waals surface area contributed by atoms with Crippen LogP contribution in [0.15, 0.2) is 59.5 Å². The number of nitrogens with zero attached hydrogens (tertiary/aromatic N) is 1. The molecule has 2 aromatic rings. The molecular formula is C20H24N2O4S. The first-order chi connectivity index (χ1) is 12.9. The molecular weight excluding hydrogens is 364 g/mol. The number of sulfonamides is 1. The summed E-state index contributed by atoms with van der Waals surface area (Å²) in [5.74, 6) is 0.449. The van der Waals surface area contributed by atoms with Gasteiger partial charge >= 0.3 is 0 Å². The van der Waals surface area contributed by atoms with Crippen LogP contribution < -0.4 is 10.1 Å². The lowest BCUT2D eigenvalue weighted by Crippen LogP contribution is -2.47. The molecule has 0 bridgehead atoms. The lowest BCUT2D eigenvalue weighted by atomic mass is 10.1. The van der Waals surface area contributed by atoms with E-state index in [0.29, 0.717) is 36.6 Å². The molecule has 6 nitrogen and oxygen atoms in total. The largest absolute Gasteiger partial charge is 0.484 e. The number of carbonyl (C=O) groups is 1. The highest BCUT2D eigenvalue weighted by atomic mass is 32.2. The van der Waals surface area contributed by atoms with Crippen molar-refractivity contribution in [2.75, 3.05) is 19.7 Å². The number of amides is 1. The summed E-state index contributed by atoms with van der Waals surface area (Å²) in [6.07, 6.45) is 1.17. The van der Waals surface area contributed by atoms with Gasteiger partial charge in [-0.05, 0) is 44.0 Å². The fraction of sp³-hybridized carbons (Fsp3) is 0.350. The monoisotopic (exact) mass is 388 g/mol. The minimum Gasteiger partial charge on any atom is -0.484 e. The zero-order valence-electron chi connectivity index (χ0n) is 15.3. The van der Waals surface area contributed by atoms with Gasteiger partial charge in [0.15, 0.2) is 6.61 Å². The molecule has 0 radical (unpaired) electrons. The van der Waals surface area contributed by atoms with Crippen LogP contribution in [-0.4, -0.2) is 44.4 Å². The van der Waals surface area contributed by atoms with Crippen molar-refractivity contribution in [2.45, 2.75) is 30.7 Å². The Morgan fingerprint density at radius 1 is 1.07 bits per heavy atom. The van der Waals surface area contributed by atoms with Crippen molar-refractivity contribution in [3.05, 3.63) is 60.2 Å². The number of carbonyl (C=O) groups excluding carboxylic acids is 1. The second kappa shape index (κ2) is 8.54. The molecule has 0 saturated carbocycles. The quantitative estimate of drug-likeness (QED) is 0.824. The van der Waals surface area contributed by atoms with E-state index >= 15 is 0 Å². The molecule has 1 amide bonds. The highest BCUT2D eigenvalue weighted by molar-refractivity contribution is 7.89. The number of ether oxygens (including phenoxy) is 1. The van der Waals surface area contributed by atoms with E-state index in [-0.39, 0.29) is 18.6 Å². The molecule has 0 atom stereocenters. The van der Waals surface area contributed by atoms with Crippen molar-refractivity contribution in [3.8, 4) is 5.75 Å². The van der Waals surface area contributed by atoms with Gasteiger partial charge in [0.1, 0.15) is 5.75 Å². The number of hydrogen-bond donors (Lipinski definition) is 1. The topological polar surface area (TPSA) is 75.7 Å². The van der Waals surface area contributed by atoms with Gasteiger partial charge in [-0.3, -0.25) is 4.79 Å². The van der Waals surface area contributed by atoms with Crippen LogP contribution in [0.4, 0.5) is 0 Å². The van der Waals surface area contributed by atoms with Gasteiger partial charge in [-0.1, -0.05) is 35.9 Å². The molecule has 1 fully saturated rings. The molecule has 7 heteroatoms. The predicted octanol–water partition coefficient (Wildman–Crippen LogP) is 2.34. The summed E-state index contributed by atoms with van der Waals surface area (Å²) in [4.78, 5) is 12.4. The second-order valence-electron chi connectivity index (χ2n) is 6.66. The van der Waals surface area contributed by atoms with Gasteiger partial charge in [0.2, 0.25) is 10.0 Å². The van der Waals surface area contributed by atoms with Crippen molar-refractivity contribution < 1.29 is 17.9 Å². The number of hydrogen-bond acceptors (Lipinski definition) is 4. The Morgan fingerprint density at radius 2 is 1.70 bits per heavy atom. The summed E-state index contributed by atoms with van der Waals surface area (Å²) in [6, 6.07) is 16.0. The Hall–Kier alpha value is -2.38. The predicted molar refractivity (Wildman–Crippen MR) is 103 cm³/mol. The smallest absolute Gasteiger partial charge is 0.258 e. The van der Waals surface area contributed by atoms with E-state index in [1.807, 2.05) is 25.1 Å². The van der Waals surface area contributed by atoms with Crippen molar-refractivity contribution in [3.63, 3.8) is 0 Å². The molecule has 0 aliphatic carbocycles. The first-order valence-corrected chi connectivity index (χ1v) is 10.4. The number of rotatable bonds is 6. The molecule has 1 N–H and O–H groups in total. The summed E-state index contributed by atoms with van der Waals surface area (Å²) in [5, 5.41) is 2.92. The molecule has 1 heterocycles. The molecule has 0 unspecified atom stereocenters. The molecule has 0 spiro atoms. The van der Waals surface area contributed by atoms with Gasteiger partial charge in [-0.25, -0.2) is 8.42 Å². The Balaban J connectivity index is 1.48. The van der Waals surface area contributed by atoms with Crippen molar-refractivity contribution in [1.29, 1.82) is 0 Å².